The van der Waals surface area contributed by atoms with Gasteiger partial charge in [0.05, 0.1) is 12.2 Å². The lowest BCUT2D eigenvalue weighted by Crippen LogP contribution is -2.36. The summed E-state index contributed by atoms with van der Waals surface area (Å²) in [4.78, 5) is 25.8. The van der Waals surface area contributed by atoms with E-state index >= 15 is 0 Å². The molecule has 0 saturated carbocycles. The van der Waals surface area contributed by atoms with Crippen molar-refractivity contribution < 1.29 is 14.0 Å². The summed E-state index contributed by atoms with van der Waals surface area (Å²) in [6.45, 7) is 0.926. The predicted octanol–water partition coefficient (Wildman–Crippen LogP) is 1.79. The van der Waals surface area contributed by atoms with Gasteiger partial charge in [-0.05, 0) is 36.1 Å². The van der Waals surface area contributed by atoms with E-state index in [1.807, 2.05) is 6.20 Å². The molecular formula is C18H21FN4O2. The Morgan fingerprint density at radius 3 is 2.84 bits per heavy atom. The minimum absolute atomic E-state index is 0.00743. The lowest BCUT2D eigenvalue weighted by atomic mass is 10.1. The van der Waals surface area contributed by atoms with Crippen molar-refractivity contribution in [2.24, 2.45) is 0 Å². The van der Waals surface area contributed by atoms with Crippen LogP contribution in [0.3, 0.4) is 0 Å². The zero-order chi connectivity index (χ0) is 17.6. The molecule has 2 N–H and O–H groups in total. The summed E-state index contributed by atoms with van der Waals surface area (Å²) in [7, 11) is 0. The summed E-state index contributed by atoms with van der Waals surface area (Å²) < 4.78 is 12.9. The number of aromatic nitrogens is 2. The van der Waals surface area contributed by atoms with Crippen LogP contribution in [0.25, 0.3) is 0 Å². The topological polar surface area (TPSA) is 78.1 Å². The molecule has 1 aliphatic heterocycles. The summed E-state index contributed by atoms with van der Waals surface area (Å²) >= 11 is 0. The van der Waals surface area contributed by atoms with E-state index in [0.29, 0.717) is 25.9 Å². The first kappa shape index (κ1) is 17.1. The van der Waals surface area contributed by atoms with Crippen LogP contribution in [0.2, 0.25) is 0 Å². The molecule has 1 aliphatic rings. The average molecular weight is 344 g/mol. The maximum absolute atomic E-state index is 12.9. The van der Waals surface area contributed by atoms with E-state index in [9.17, 15) is 14.0 Å². The van der Waals surface area contributed by atoms with E-state index in [1.54, 1.807) is 23.2 Å². The lowest BCUT2D eigenvalue weighted by Gasteiger charge is -2.17. The standard InChI is InChI=1S/C18H21FN4O2/c19-15-6-4-13(5-7-15)11-23-12-16(8-18(23)25)22-17(24)3-1-2-14-9-20-21-10-14/h4-7,9-10,16H,1-3,8,11-12H2,(H,20,21)(H,22,24)/t16-/m1/s1. The van der Waals surface area contributed by atoms with Crippen LogP contribution in [0.15, 0.2) is 36.7 Å². The number of amides is 2. The van der Waals surface area contributed by atoms with Gasteiger partial charge in [-0.25, -0.2) is 4.39 Å². The molecule has 2 heterocycles. The number of halogens is 1. The molecule has 1 fully saturated rings. The molecule has 0 spiro atoms. The number of aromatic amines is 1. The van der Waals surface area contributed by atoms with Crippen molar-refractivity contribution in [3.8, 4) is 0 Å². The number of carbonyl (C=O) groups excluding carboxylic acids is 2. The van der Waals surface area contributed by atoms with Crippen molar-refractivity contribution in [2.75, 3.05) is 6.54 Å². The maximum atomic E-state index is 12.9. The van der Waals surface area contributed by atoms with Crippen molar-refractivity contribution in [3.63, 3.8) is 0 Å². The van der Waals surface area contributed by atoms with Crippen molar-refractivity contribution in [2.45, 2.75) is 38.3 Å². The Labute approximate surface area is 145 Å². The monoisotopic (exact) mass is 344 g/mol. The molecule has 2 aromatic rings. The van der Waals surface area contributed by atoms with E-state index in [4.69, 9.17) is 0 Å². The van der Waals surface area contributed by atoms with Crippen LogP contribution >= 0.6 is 0 Å². The maximum Gasteiger partial charge on any atom is 0.225 e. The number of H-pyrrole nitrogens is 1. The minimum Gasteiger partial charge on any atom is -0.351 e. The summed E-state index contributed by atoms with van der Waals surface area (Å²) in [6, 6.07) is 5.95. The Morgan fingerprint density at radius 1 is 1.32 bits per heavy atom. The molecule has 132 valence electrons. The van der Waals surface area contributed by atoms with Gasteiger partial charge in [0.15, 0.2) is 0 Å². The first-order chi connectivity index (χ1) is 12.1. The molecule has 3 rings (SSSR count). The van der Waals surface area contributed by atoms with Crippen LogP contribution in [-0.4, -0.2) is 39.5 Å². The van der Waals surface area contributed by atoms with E-state index in [2.05, 4.69) is 15.5 Å². The van der Waals surface area contributed by atoms with Crippen LogP contribution in [0.4, 0.5) is 4.39 Å². The van der Waals surface area contributed by atoms with E-state index in [-0.39, 0.29) is 23.7 Å². The van der Waals surface area contributed by atoms with Gasteiger partial charge >= 0.3 is 0 Å². The average Bonchev–Trinajstić information content (AvgIpc) is 3.20. The Balaban J connectivity index is 1.42. The fraction of sp³-hybridized carbons (Fsp3) is 0.389. The molecule has 0 radical (unpaired) electrons. The lowest BCUT2D eigenvalue weighted by molar-refractivity contribution is -0.128. The SMILES string of the molecule is O=C(CCCc1cn[nH]c1)N[C@@H]1CC(=O)N(Cc2ccc(F)cc2)C1. The third-order valence-electron chi connectivity index (χ3n) is 4.29. The van der Waals surface area contributed by atoms with Gasteiger partial charge in [0.25, 0.3) is 0 Å². The first-order valence-electron chi connectivity index (χ1n) is 8.39. The Morgan fingerprint density at radius 2 is 2.12 bits per heavy atom. The zero-order valence-electron chi connectivity index (χ0n) is 13.9. The second-order valence-corrected chi connectivity index (χ2v) is 6.33. The molecule has 1 aromatic carbocycles. The zero-order valence-corrected chi connectivity index (χ0v) is 13.9. The fourth-order valence-corrected chi connectivity index (χ4v) is 3.00. The molecule has 0 bridgehead atoms. The van der Waals surface area contributed by atoms with Gasteiger partial charge in [0.1, 0.15) is 5.82 Å². The Kier molecular flexibility index (Phi) is 5.42. The van der Waals surface area contributed by atoms with E-state index < -0.39 is 0 Å². The number of likely N-dealkylation sites (tertiary alicyclic amines) is 1. The minimum atomic E-state index is -0.294. The highest BCUT2D eigenvalue weighted by Gasteiger charge is 2.30. The van der Waals surface area contributed by atoms with Crippen LogP contribution in [-0.2, 0) is 22.6 Å². The second-order valence-electron chi connectivity index (χ2n) is 6.33. The number of nitrogens with zero attached hydrogens (tertiary/aromatic N) is 2. The molecule has 1 aromatic heterocycles. The number of rotatable bonds is 7. The highest BCUT2D eigenvalue weighted by Crippen LogP contribution is 2.16. The van der Waals surface area contributed by atoms with E-state index in [1.165, 1.54) is 12.1 Å². The van der Waals surface area contributed by atoms with Crippen LogP contribution in [0.1, 0.15) is 30.4 Å². The number of hydrogen-bond acceptors (Lipinski definition) is 3. The molecule has 25 heavy (non-hydrogen) atoms. The largest absolute Gasteiger partial charge is 0.351 e. The molecule has 1 saturated heterocycles. The summed E-state index contributed by atoms with van der Waals surface area (Å²) in [5.41, 5.74) is 1.95. The van der Waals surface area contributed by atoms with Gasteiger partial charge in [-0.2, -0.15) is 5.10 Å². The molecule has 0 aliphatic carbocycles. The number of aryl methyl sites for hydroxylation is 1. The highest BCUT2D eigenvalue weighted by atomic mass is 19.1. The predicted molar refractivity (Wildman–Crippen MR) is 89.9 cm³/mol. The summed E-state index contributed by atoms with van der Waals surface area (Å²) in [6.07, 6.45) is 5.85. The number of carbonyl (C=O) groups is 2. The summed E-state index contributed by atoms with van der Waals surface area (Å²) in [5, 5.41) is 9.54. The quantitative estimate of drug-likeness (QED) is 0.804. The van der Waals surface area contributed by atoms with Crippen LogP contribution in [0, 0.1) is 5.82 Å². The van der Waals surface area contributed by atoms with Gasteiger partial charge in [0, 0.05) is 32.1 Å². The normalized spacial score (nSPS) is 17.1. The van der Waals surface area contributed by atoms with Gasteiger partial charge in [0.2, 0.25) is 11.8 Å². The van der Waals surface area contributed by atoms with Crippen molar-refractivity contribution in [3.05, 3.63) is 53.6 Å². The molecule has 1 atom stereocenters. The Hall–Kier alpha value is -2.70. The van der Waals surface area contributed by atoms with Gasteiger partial charge in [-0.3, -0.25) is 14.7 Å². The summed E-state index contributed by atoms with van der Waals surface area (Å²) in [5.74, 6) is -0.324. The van der Waals surface area contributed by atoms with Gasteiger partial charge < -0.3 is 10.2 Å². The van der Waals surface area contributed by atoms with E-state index in [0.717, 1.165) is 24.0 Å². The van der Waals surface area contributed by atoms with Crippen LogP contribution in [0.5, 0.6) is 0 Å². The first-order valence-corrected chi connectivity index (χ1v) is 8.39. The number of benzene rings is 1. The molecule has 2 amide bonds. The number of hydrogen-bond donors (Lipinski definition) is 2. The molecular weight excluding hydrogens is 323 g/mol. The number of nitrogens with one attached hydrogen (secondary N) is 2. The molecule has 6 nitrogen and oxygen atoms in total. The van der Waals surface area contributed by atoms with Crippen molar-refractivity contribution in [1.82, 2.24) is 20.4 Å². The third-order valence-corrected chi connectivity index (χ3v) is 4.29. The second kappa shape index (κ2) is 7.92. The third kappa shape index (κ3) is 4.89. The highest BCUT2D eigenvalue weighted by molar-refractivity contribution is 5.82. The van der Waals surface area contributed by atoms with Crippen molar-refractivity contribution in [1.29, 1.82) is 0 Å². The smallest absolute Gasteiger partial charge is 0.225 e. The van der Waals surface area contributed by atoms with Crippen molar-refractivity contribution >= 4 is 11.8 Å². The molecule has 7 heteroatoms. The fourth-order valence-electron chi connectivity index (χ4n) is 3.00. The van der Waals surface area contributed by atoms with Crippen LogP contribution < -0.4 is 5.32 Å². The van der Waals surface area contributed by atoms with Gasteiger partial charge in [-0.1, -0.05) is 12.1 Å². The Bertz CT molecular complexity index is 715. The van der Waals surface area contributed by atoms with Gasteiger partial charge in [-0.15, -0.1) is 0 Å². The molecule has 0 unspecified atom stereocenters.